The van der Waals surface area contributed by atoms with Gasteiger partial charge >= 0.3 is 0 Å². The van der Waals surface area contributed by atoms with Gasteiger partial charge in [-0.3, -0.25) is 9.79 Å². The van der Waals surface area contributed by atoms with Crippen LogP contribution >= 0.6 is 24.0 Å². The largest absolute Gasteiger partial charge is 0.352 e. The number of guanidine groups is 1. The van der Waals surface area contributed by atoms with Gasteiger partial charge in [0.05, 0.1) is 0 Å². The molecule has 7 heteroatoms. The van der Waals surface area contributed by atoms with E-state index in [2.05, 4.69) is 15.6 Å². The first-order valence-corrected chi connectivity index (χ1v) is 9.15. The summed E-state index contributed by atoms with van der Waals surface area (Å²) in [6.07, 6.45) is 0. The molecule has 0 spiro atoms. The minimum Gasteiger partial charge on any atom is -0.352 e. The first-order chi connectivity index (χ1) is 13.1. The summed E-state index contributed by atoms with van der Waals surface area (Å²) < 4.78 is 13.7. The average molecular weight is 498 g/mol. The number of amides is 1. The van der Waals surface area contributed by atoms with Gasteiger partial charge in [0, 0.05) is 44.4 Å². The number of nitrogens with one attached hydrogen (secondary N) is 2. The van der Waals surface area contributed by atoms with E-state index in [0.717, 1.165) is 5.56 Å². The molecule has 0 heterocycles. The summed E-state index contributed by atoms with van der Waals surface area (Å²) in [6, 6.07) is 14.2. The van der Waals surface area contributed by atoms with E-state index in [4.69, 9.17) is 0 Å². The van der Waals surface area contributed by atoms with Gasteiger partial charge in [0.15, 0.2) is 5.96 Å². The maximum absolute atomic E-state index is 13.7. The fourth-order valence-corrected chi connectivity index (χ4v) is 2.69. The Balaban J connectivity index is 0.00000392. The van der Waals surface area contributed by atoms with Crippen molar-refractivity contribution < 1.29 is 9.18 Å². The molecular formula is C21H28FIN4O. The number of hydrogen-bond donors (Lipinski definition) is 2. The van der Waals surface area contributed by atoms with E-state index in [-0.39, 0.29) is 35.7 Å². The van der Waals surface area contributed by atoms with E-state index in [1.54, 1.807) is 30.1 Å². The minimum atomic E-state index is -0.242. The zero-order chi connectivity index (χ0) is 19.6. The third-order valence-electron chi connectivity index (χ3n) is 4.34. The molecule has 2 N–H and O–H groups in total. The van der Waals surface area contributed by atoms with Gasteiger partial charge in [0.2, 0.25) is 0 Å². The predicted octanol–water partition coefficient (Wildman–Crippen LogP) is 3.79. The van der Waals surface area contributed by atoms with Crippen LogP contribution in [0, 0.1) is 5.82 Å². The minimum absolute atomic E-state index is 0. The highest BCUT2D eigenvalue weighted by Crippen LogP contribution is 2.08. The van der Waals surface area contributed by atoms with Crippen LogP contribution in [0.15, 0.2) is 53.5 Å². The Morgan fingerprint density at radius 2 is 1.61 bits per heavy atom. The zero-order valence-corrected chi connectivity index (χ0v) is 18.9. The van der Waals surface area contributed by atoms with Crippen LogP contribution in [0.25, 0.3) is 0 Å². The van der Waals surface area contributed by atoms with Crippen LogP contribution in [0.1, 0.15) is 35.3 Å². The Bertz CT molecular complexity index is 776. The molecule has 0 aliphatic carbocycles. The zero-order valence-electron chi connectivity index (χ0n) is 16.5. The Kier molecular flexibility index (Phi) is 10.5. The predicted molar refractivity (Wildman–Crippen MR) is 123 cm³/mol. The molecule has 2 aromatic rings. The number of nitrogens with zero attached hydrogens (tertiary/aromatic N) is 2. The smallest absolute Gasteiger partial charge is 0.253 e. The van der Waals surface area contributed by atoms with Crippen molar-refractivity contribution >= 4 is 35.8 Å². The second-order valence-corrected chi connectivity index (χ2v) is 6.05. The normalized spacial score (nSPS) is 10.8. The first kappa shape index (κ1) is 23.9. The van der Waals surface area contributed by atoms with Crippen molar-refractivity contribution in [1.29, 1.82) is 0 Å². The first-order valence-electron chi connectivity index (χ1n) is 9.15. The lowest BCUT2D eigenvalue weighted by molar-refractivity contribution is 0.0773. The summed E-state index contributed by atoms with van der Waals surface area (Å²) >= 11 is 0. The lowest BCUT2D eigenvalue weighted by Crippen LogP contribution is -2.36. The van der Waals surface area contributed by atoms with Gasteiger partial charge in [0.1, 0.15) is 5.82 Å². The SMILES string of the molecule is CCN(CC)C(=O)c1ccc(CNC(=NC)NCc2ccccc2F)cc1.I. The van der Waals surface area contributed by atoms with E-state index in [0.29, 0.717) is 43.3 Å². The van der Waals surface area contributed by atoms with Crippen LogP contribution in [0.3, 0.4) is 0 Å². The van der Waals surface area contributed by atoms with E-state index >= 15 is 0 Å². The summed E-state index contributed by atoms with van der Waals surface area (Å²) in [7, 11) is 1.67. The third kappa shape index (κ3) is 6.78. The Labute approximate surface area is 183 Å². The van der Waals surface area contributed by atoms with Crippen molar-refractivity contribution in [3.05, 3.63) is 71.0 Å². The van der Waals surface area contributed by atoms with Crippen molar-refractivity contribution in [2.75, 3.05) is 20.1 Å². The second kappa shape index (κ2) is 12.3. The fraction of sp³-hybridized carbons (Fsp3) is 0.333. The average Bonchev–Trinajstić information content (AvgIpc) is 2.70. The van der Waals surface area contributed by atoms with Gasteiger partial charge in [-0.2, -0.15) is 0 Å². The molecule has 0 aromatic heterocycles. The Morgan fingerprint density at radius 1 is 1.00 bits per heavy atom. The van der Waals surface area contributed by atoms with Crippen LogP contribution < -0.4 is 10.6 Å². The van der Waals surface area contributed by atoms with Gasteiger partial charge in [-0.15, -0.1) is 24.0 Å². The fourth-order valence-electron chi connectivity index (χ4n) is 2.69. The van der Waals surface area contributed by atoms with E-state index in [1.807, 2.05) is 38.1 Å². The van der Waals surface area contributed by atoms with Crippen LogP contribution in [0.4, 0.5) is 4.39 Å². The van der Waals surface area contributed by atoms with Crippen LogP contribution in [-0.2, 0) is 13.1 Å². The van der Waals surface area contributed by atoms with Crippen LogP contribution in [0.2, 0.25) is 0 Å². The van der Waals surface area contributed by atoms with E-state index < -0.39 is 0 Å². The number of carbonyl (C=O) groups is 1. The summed E-state index contributed by atoms with van der Waals surface area (Å²) in [6.45, 7) is 6.24. The topological polar surface area (TPSA) is 56.7 Å². The molecule has 0 bridgehead atoms. The lowest BCUT2D eigenvalue weighted by atomic mass is 10.1. The van der Waals surface area contributed by atoms with Crippen LogP contribution in [-0.4, -0.2) is 36.9 Å². The number of aliphatic imine (C=N–C) groups is 1. The number of carbonyl (C=O) groups excluding carboxylic acids is 1. The summed E-state index contributed by atoms with van der Waals surface area (Å²) in [4.78, 5) is 18.3. The van der Waals surface area contributed by atoms with E-state index in [9.17, 15) is 9.18 Å². The highest BCUT2D eigenvalue weighted by molar-refractivity contribution is 14.0. The highest BCUT2D eigenvalue weighted by Gasteiger charge is 2.12. The van der Waals surface area contributed by atoms with Crippen molar-refractivity contribution in [2.45, 2.75) is 26.9 Å². The van der Waals surface area contributed by atoms with Gasteiger partial charge in [-0.25, -0.2) is 4.39 Å². The van der Waals surface area contributed by atoms with Crippen molar-refractivity contribution in [3.63, 3.8) is 0 Å². The van der Waals surface area contributed by atoms with Gasteiger partial charge in [0.25, 0.3) is 5.91 Å². The van der Waals surface area contributed by atoms with Gasteiger partial charge in [-0.05, 0) is 37.6 Å². The maximum atomic E-state index is 13.7. The molecule has 152 valence electrons. The quantitative estimate of drug-likeness (QED) is 0.347. The molecule has 1 amide bonds. The van der Waals surface area contributed by atoms with Crippen molar-refractivity contribution in [1.82, 2.24) is 15.5 Å². The molecule has 28 heavy (non-hydrogen) atoms. The molecule has 5 nitrogen and oxygen atoms in total. The summed E-state index contributed by atoms with van der Waals surface area (Å²) in [5.41, 5.74) is 2.30. The molecular weight excluding hydrogens is 470 g/mol. The molecule has 0 unspecified atom stereocenters. The standard InChI is InChI=1S/C21H27FN4O.HI/c1-4-26(5-2)20(27)17-12-10-16(11-13-17)14-24-21(23-3)25-15-18-8-6-7-9-19(18)22;/h6-13H,4-5,14-15H2,1-3H3,(H2,23,24,25);1H. The number of halogens is 2. The highest BCUT2D eigenvalue weighted by atomic mass is 127. The summed E-state index contributed by atoms with van der Waals surface area (Å²) in [5.74, 6) is 0.386. The third-order valence-corrected chi connectivity index (χ3v) is 4.34. The van der Waals surface area contributed by atoms with Gasteiger partial charge < -0.3 is 15.5 Å². The molecule has 0 atom stereocenters. The number of hydrogen-bond acceptors (Lipinski definition) is 2. The second-order valence-electron chi connectivity index (χ2n) is 6.05. The van der Waals surface area contributed by atoms with Crippen LogP contribution in [0.5, 0.6) is 0 Å². The van der Waals surface area contributed by atoms with Crippen molar-refractivity contribution in [2.24, 2.45) is 4.99 Å². The molecule has 0 saturated heterocycles. The summed E-state index contributed by atoms with van der Waals surface area (Å²) in [5, 5.41) is 6.28. The Morgan fingerprint density at radius 3 is 2.18 bits per heavy atom. The molecule has 0 saturated carbocycles. The molecule has 2 aromatic carbocycles. The molecule has 0 aliphatic rings. The van der Waals surface area contributed by atoms with Crippen molar-refractivity contribution in [3.8, 4) is 0 Å². The molecule has 0 radical (unpaired) electrons. The molecule has 0 fully saturated rings. The molecule has 2 rings (SSSR count). The lowest BCUT2D eigenvalue weighted by Gasteiger charge is -2.18. The number of benzene rings is 2. The molecule has 0 aliphatic heterocycles. The number of rotatable bonds is 7. The monoisotopic (exact) mass is 498 g/mol. The Hall–Kier alpha value is -2.16. The van der Waals surface area contributed by atoms with Gasteiger partial charge in [-0.1, -0.05) is 30.3 Å². The maximum Gasteiger partial charge on any atom is 0.253 e. The van der Waals surface area contributed by atoms with E-state index in [1.165, 1.54) is 6.07 Å².